The molecule has 0 spiro atoms. The minimum atomic E-state index is 0.299. The molecule has 0 bridgehead atoms. The standard InChI is InChI=1S/C14H23N3S/c1-3-4-11-5-6-12(15)13(7-11)18-14-16-8-10(2)9-17-14/h8-9,11-13H,3-7,15H2,1-2H3. The maximum atomic E-state index is 6.24. The first kappa shape index (κ1) is 13.8. The van der Waals surface area contributed by atoms with E-state index in [1.54, 1.807) is 11.8 Å². The lowest BCUT2D eigenvalue weighted by Crippen LogP contribution is -2.38. The van der Waals surface area contributed by atoms with Crippen LogP contribution in [0.5, 0.6) is 0 Å². The zero-order chi connectivity index (χ0) is 13.0. The molecule has 18 heavy (non-hydrogen) atoms. The van der Waals surface area contributed by atoms with E-state index in [0.29, 0.717) is 11.3 Å². The molecule has 1 aromatic rings. The highest BCUT2D eigenvalue weighted by Crippen LogP contribution is 2.36. The van der Waals surface area contributed by atoms with Crippen LogP contribution in [0.15, 0.2) is 17.6 Å². The summed E-state index contributed by atoms with van der Waals surface area (Å²) in [4.78, 5) is 8.75. The minimum absolute atomic E-state index is 0.299. The Bertz CT molecular complexity index is 366. The smallest absolute Gasteiger partial charge is 0.187 e. The van der Waals surface area contributed by atoms with Crippen LogP contribution in [0.2, 0.25) is 0 Å². The third-order valence-corrected chi connectivity index (χ3v) is 4.93. The third-order valence-electron chi connectivity index (χ3n) is 3.66. The molecule has 3 atom stereocenters. The van der Waals surface area contributed by atoms with E-state index < -0.39 is 0 Å². The molecule has 1 heterocycles. The Labute approximate surface area is 114 Å². The molecular formula is C14H23N3S. The summed E-state index contributed by atoms with van der Waals surface area (Å²) >= 11 is 1.76. The highest BCUT2D eigenvalue weighted by Gasteiger charge is 2.29. The second kappa shape index (κ2) is 6.53. The number of hydrogen-bond donors (Lipinski definition) is 1. The molecule has 0 amide bonds. The van der Waals surface area contributed by atoms with Crippen LogP contribution in [0.25, 0.3) is 0 Å². The van der Waals surface area contributed by atoms with E-state index in [1.165, 1.54) is 25.7 Å². The fourth-order valence-corrected chi connectivity index (χ4v) is 3.80. The number of hydrogen-bond acceptors (Lipinski definition) is 4. The lowest BCUT2D eigenvalue weighted by Gasteiger charge is -2.33. The zero-order valence-corrected chi connectivity index (χ0v) is 12.1. The van der Waals surface area contributed by atoms with Crippen LogP contribution in [-0.2, 0) is 0 Å². The van der Waals surface area contributed by atoms with Crippen LogP contribution in [0.4, 0.5) is 0 Å². The quantitative estimate of drug-likeness (QED) is 0.850. The molecule has 0 aliphatic heterocycles. The topological polar surface area (TPSA) is 51.8 Å². The highest BCUT2D eigenvalue weighted by molar-refractivity contribution is 7.99. The summed E-state index contributed by atoms with van der Waals surface area (Å²) in [5.41, 5.74) is 7.35. The van der Waals surface area contributed by atoms with Crippen LogP contribution in [0.1, 0.15) is 44.6 Å². The van der Waals surface area contributed by atoms with Gasteiger partial charge in [0.05, 0.1) is 0 Å². The molecule has 0 saturated heterocycles. The van der Waals surface area contributed by atoms with E-state index in [1.807, 2.05) is 19.3 Å². The number of nitrogens with zero attached hydrogens (tertiary/aromatic N) is 2. The fraction of sp³-hybridized carbons (Fsp3) is 0.714. The number of aromatic nitrogens is 2. The Hall–Kier alpha value is -0.610. The molecule has 1 fully saturated rings. The van der Waals surface area contributed by atoms with E-state index in [-0.39, 0.29) is 0 Å². The van der Waals surface area contributed by atoms with Gasteiger partial charge >= 0.3 is 0 Å². The molecule has 1 aliphatic rings. The monoisotopic (exact) mass is 265 g/mol. The average Bonchev–Trinajstić information content (AvgIpc) is 2.36. The van der Waals surface area contributed by atoms with Crippen LogP contribution in [0, 0.1) is 12.8 Å². The molecular weight excluding hydrogens is 242 g/mol. The molecule has 2 rings (SSSR count). The number of nitrogens with two attached hydrogens (primary N) is 1. The van der Waals surface area contributed by atoms with Gasteiger partial charge in [-0.2, -0.15) is 0 Å². The van der Waals surface area contributed by atoms with Gasteiger partial charge in [-0.15, -0.1) is 0 Å². The van der Waals surface area contributed by atoms with E-state index >= 15 is 0 Å². The molecule has 1 saturated carbocycles. The van der Waals surface area contributed by atoms with Gasteiger partial charge in [0.1, 0.15) is 0 Å². The van der Waals surface area contributed by atoms with E-state index in [9.17, 15) is 0 Å². The van der Waals surface area contributed by atoms with Crippen molar-refractivity contribution in [2.75, 3.05) is 0 Å². The average molecular weight is 265 g/mol. The van der Waals surface area contributed by atoms with Gasteiger partial charge in [-0.05, 0) is 37.7 Å². The van der Waals surface area contributed by atoms with E-state index in [2.05, 4.69) is 16.9 Å². The van der Waals surface area contributed by atoms with Gasteiger partial charge in [0.25, 0.3) is 0 Å². The molecule has 0 aromatic carbocycles. The summed E-state index contributed by atoms with van der Waals surface area (Å²) in [6.45, 7) is 4.28. The largest absolute Gasteiger partial charge is 0.327 e. The van der Waals surface area contributed by atoms with Gasteiger partial charge < -0.3 is 5.73 Å². The highest BCUT2D eigenvalue weighted by atomic mass is 32.2. The summed E-state index contributed by atoms with van der Waals surface area (Å²) in [6.07, 6.45) is 10.0. The van der Waals surface area contributed by atoms with Gasteiger partial charge in [0.15, 0.2) is 5.16 Å². The molecule has 3 unspecified atom stereocenters. The molecule has 3 nitrogen and oxygen atoms in total. The van der Waals surface area contributed by atoms with Crippen molar-refractivity contribution < 1.29 is 0 Å². The van der Waals surface area contributed by atoms with Gasteiger partial charge in [-0.25, -0.2) is 9.97 Å². The summed E-state index contributed by atoms with van der Waals surface area (Å²) in [7, 11) is 0. The molecule has 0 radical (unpaired) electrons. The van der Waals surface area contributed by atoms with Gasteiger partial charge in [-0.3, -0.25) is 0 Å². The van der Waals surface area contributed by atoms with Crippen molar-refractivity contribution in [3.8, 4) is 0 Å². The van der Waals surface area contributed by atoms with Crippen molar-refractivity contribution in [3.05, 3.63) is 18.0 Å². The lowest BCUT2D eigenvalue weighted by molar-refractivity contribution is 0.316. The number of thioether (sulfide) groups is 1. The predicted octanol–water partition coefficient (Wildman–Crippen LogP) is 3.17. The van der Waals surface area contributed by atoms with Crippen LogP contribution < -0.4 is 5.73 Å². The second-order valence-corrected chi connectivity index (χ2v) is 6.54. The zero-order valence-electron chi connectivity index (χ0n) is 11.3. The first-order chi connectivity index (χ1) is 8.69. The third kappa shape index (κ3) is 3.69. The van der Waals surface area contributed by atoms with Crippen molar-refractivity contribution in [2.24, 2.45) is 11.7 Å². The normalized spacial score (nSPS) is 28.3. The van der Waals surface area contributed by atoms with E-state index in [0.717, 1.165) is 23.1 Å². The maximum absolute atomic E-state index is 6.24. The van der Waals surface area contributed by atoms with Crippen molar-refractivity contribution in [2.45, 2.75) is 62.4 Å². The first-order valence-corrected chi connectivity index (χ1v) is 7.78. The van der Waals surface area contributed by atoms with Crippen LogP contribution in [0.3, 0.4) is 0 Å². The molecule has 1 aromatic heterocycles. The maximum Gasteiger partial charge on any atom is 0.187 e. The number of rotatable bonds is 4. The Morgan fingerprint density at radius 3 is 2.72 bits per heavy atom. The predicted molar refractivity (Wildman–Crippen MR) is 76.6 cm³/mol. The lowest BCUT2D eigenvalue weighted by atomic mass is 9.83. The minimum Gasteiger partial charge on any atom is -0.327 e. The van der Waals surface area contributed by atoms with Gasteiger partial charge in [0, 0.05) is 23.7 Å². The summed E-state index contributed by atoms with van der Waals surface area (Å²) in [5.74, 6) is 0.845. The molecule has 100 valence electrons. The van der Waals surface area contributed by atoms with Crippen LogP contribution in [-0.4, -0.2) is 21.3 Å². The Kier molecular flexibility index (Phi) is 5.01. The number of aryl methyl sites for hydroxylation is 1. The Morgan fingerprint density at radius 2 is 2.06 bits per heavy atom. The van der Waals surface area contributed by atoms with Crippen molar-refractivity contribution in [1.29, 1.82) is 0 Å². The summed E-state index contributed by atoms with van der Waals surface area (Å²) < 4.78 is 0. The SMILES string of the molecule is CCCC1CCC(N)C(Sc2ncc(C)cn2)C1. The summed E-state index contributed by atoms with van der Waals surface area (Å²) in [5, 5.41) is 1.36. The van der Waals surface area contributed by atoms with Gasteiger partial charge in [0.2, 0.25) is 0 Å². The fourth-order valence-electron chi connectivity index (χ4n) is 2.62. The molecule has 4 heteroatoms. The molecule has 2 N–H and O–H groups in total. The Balaban J connectivity index is 1.95. The van der Waals surface area contributed by atoms with Crippen molar-refractivity contribution >= 4 is 11.8 Å². The second-order valence-electron chi connectivity index (χ2n) is 5.33. The van der Waals surface area contributed by atoms with Crippen molar-refractivity contribution in [1.82, 2.24) is 9.97 Å². The Morgan fingerprint density at radius 1 is 1.33 bits per heavy atom. The van der Waals surface area contributed by atoms with E-state index in [4.69, 9.17) is 5.73 Å². The first-order valence-electron chi connectivity index (χ1n) is 6.90. The van der Waals surface area contributed by atoms with Gasteiger partial charge in [-0.1, -0.05) is 31.5 Å². The van der Waals surface area contributed by atoms with Crippen molar-refractivity contribution in [3.63, 3.8) is 0 Å². The van der Waals surface area contributed by atoms with Crippen LogP contribution >= 0.6 is 11.8 Å². The summed E-state index contributed by atoms with van der Waals surface area (Å²) in [6, 6.07) is 0.299. The molecule has 1 aliphatic carbocycles.